The highest BCUT2D eigenvalue weighted by molar-refractivity contribution is 6.21. The van der Waals surface area contributed by atoms with Crippen LogP contribution < -0.4 is 5.32 Å². The van der Waals surface area contributed by atoms with Gasteiger partial charge in [-0.2, -0.15) is 0 Å². The highest BCUT2D eigenvalue weighted by Crippen LogP contribution is 2.09. The Balaban J connectivity index is 2.93. The maximum absolute atomic E-state index is 10.6. The fourth-order valence-corrected chi connectivity index (χ4v) is 0.654. The number of hydrogen-bond donors (Lipinski definition) is 3. The van der Waals surface area contributed by atoms with Crippen molar-refractivity contribution in [3.63, 3.8) is 0 Å². The molecule has 0 aliphatic carbocycles. The largest absolute Gasteiger partial charge is 0.352 e. The van der Waals surface area contributed by atoms with Gasteiger partial charge in [-0.25, -0.2) is 0 Å². The van der Waals surface area contributed by atoms with Crippen molar-refractivity contribution in [2.24, 2.45) is 0 Å². The number of nitrogens with one attached hydrogen (secondary N) is 1. The molecule has 1 aliphatic heterocycles. The Kier molecular flexibility index (Phi) is 1.50. The van der Waals surface area contributed by atoms with Gasteiger partial charge in [0.1, 0.15) is 0 Å². The smallest absolute Gasteiger partial charge is 0.307 e. The van der Waals surface area contributed by atoms with Crippen LogP contribution in [0.25, 0.3) is 0 Å². The highest BCUT2D eigenvalue weighted by Gasteiger charge is 2.47. The molecule has 0 spiro atoms. The lowest BCUT2D eigenvalue weighted by Gasteiger charge is -2.22. The topological polar surface area (TPSA) is 104 Å². The molecule has 0 saturated carbocycles. The number of imide groups is 1. The van der Waals surface area contributed by atoms with Crippen molar-refractivity contribution in [3.05, 3.63) is 0 Å². The van der Waals surface area contributed by atoms with Gasteiger partial charge >= 0.3 is 5.79 Å². The van der Waals surface area contributed by atoms with Crippen LogP contribution in [0.2, 0.25) is 0 Å². The van der Waals surface area contributed by atoms with Gasteiger partial charge in [0.05, 0.1) is 6.42 Å². The van der Waals surface area contributed by atoms with E-state index in [-0.39, 0.29) is 0 Å². The normalized spacial score (nSPS) is 23.3. The predicted octanol–water partition coefficient (Wildman–Crippen LogP) is -2.72. The van der Waals surface area contributed by atoms with Gasteiger partial charge in [-0.05, 0) is 0 Å². The molecular weight excluding hydrogens is 154 g/mol. The Morgan fingerprint density at radius 2 is 1.82 bits per heavy atom. The van der Waals surface area contributed by atoms with Gasteiger partial charge in [-0.15, -0.1) is 0 Å². The van der Waals surface area contributed by atoms with Gasteiger partial charge in [-0.1, -0.05) is 0 Å². The molecule has 1 aliphatic rings. The van der Waals surface area contributed by atoms with E-state index in [9.17, 15) is 14.4 Å². The van der Waals surface area contributed by atoms with Crippen molar-refractivity contribution in [1.82, 2.24) is 5.32 Å². The van der Waals surface area contributed by atoms with E-state index in [1.807, 2.05) is 0 Å². The molecule has 6 nitrogen and oxygen atoms in total. The monoisotopic (exact) mass is 159 g/mol. The second-order valence-electron chi connectivity index (χ2n) is 2.15. The molecule has 2 amide bonds. The molecule has 0 aromatic carbocycles. The van der Waals surface area contributed by atoms with E-state index in [1.54, 1.807) is 5.32 Å². The zero-order valence-corrected chi connectivity index (χ0v) is 5.33. The number of hydrogen-bond acceptors (Lipinski definition) is 5. The van der Waals surface area contributed by atoms with Crippen molar-refractivity contribution in [2.75, 3.05) is 0 Å². The van der Waals surface area contributed by atoms with E-state index in [0.717, 1.165) is 0 Å². The first-order chi connectivity index (χ1) is 4.94. The Bertz CT molecular complexity index is 221. The van der Waals surface area contributed by atoms with Gasteiger partial charge in [0, 0.05) is 0 Å². The van der Waals surface area contributed by atoms with Crippen LogP contribution in [0, 0.1) is 0 Å². The summed E-state index contributed by atoms with van der Waals surface area (Å²) >= 11 is 0. The summed E-state index contributed by atoms with van der Waals surface area (Å²) in [5.41, 5.74) is 0. The van der Waals surface area contributed by atoms with Crippen LogP contribution in [0.15, 0.2) is 0 Å². The van der Waals surface area contributed by atoms with Crippen LogP contribution in [0.3, 0.4) is 0 Å². The summed E-state index contributed by atoms with van der Waals surface area (Å²) in [6, 6.07) is 0. The minimum Gasteiger partial charge on any atom is -0.352 e. The van der Waals surface area contributed by atoms with Crippen molar-refractivity contribution >= 4 is 17.6 Å². The lowest BCUT2D eigenvalue weighted by molar-refractivity contribution is -0.195. The zero-order valence-electron chi connectivity index (χ0n) is 5.33. The minimum absolute atomic E-state index is 0.682. The van der Waals surface area contributed by atoms with Crippen molar-refractivity contribution in [1.29, 1.82) is 0 Å². The number of aliphatic hydroxyl groups is 2. The number of carbonyl (C=O) groups is 3. The fraction of sp³-hybridized carbons (Fsp3) is 0.400. The molecule has 0 bridgehead atoms. The van der Waals surface area contributed by atoms with Crippen molar-refractivity contribution in [2.45, 2.75) is 12.2 Å². The molecule has 60 valence electrons. The van der Waals surface area contributed by atoms with Crippen LogP contribution in [0.4, 0.5) is 0 Å². The summed E-state index contributed by atoms with van der Waals surface area (Å²) in [6.07, 6.45) is -0.682. The van der Waals surface area contributed by atoms with E-state index in [0.29, 0.717) is 0 Å². The molecular formula is C5H5NO5. The molecule has 0 aromatic rings. The van der Waals surface area contributed by atoms with Gasteiger partial charge < -0.3 is 10.2 Å². The predicted molar refractivity (Wildman–Crippen MR) is 29.9 cm³/mol. The molecule has 0 radical (unpaired) electrons. The lowest BCUT2D eigenvalue weighted by Crippen LogP contribution is -2.59. The van der Waals surface area contributed by atoms with Crippen LogP contribution in [0.1, 0.15) is 6.42 Å². The van der Waals surface area contributed by atoms with E-state index < -0.39 is 29.8 Å². The van der Waals surface area contributed by atoms with Crippen molar-refractivity contribution < 1.29 is 24.6 Å². The first-order valence-electron chi connectivity index (χ1n) is 2.77. The summed E-state index contributed by atoms with van der Waals surface area (Å²) in [5, 5.41) is 18.9. The number of amides is 2. The Labute approximate surface area is 60.8 Å². The second kappa shape index (κ2) is 2.11. The van der Waals surface area contributed by atoms with Gasteiger partial charge in [0.25, 0.3) is 5.91 Å². The van der Waals surface area contributed by atoms with Gasteiger partial charge in [-0.3, -0.25) is 19.7 Å². The molecule has 3 N–H and O–H groups in total. The minimum atomic E-state index is -3.03. The maximum Gasteiger partial charge on any atom is 0.307 e. The molecule has 1 rings (SSSR count). The summed E-state index contributed by atoms with van der Waals surface area (Å²) < 4.78 is 0. The Hall–Kier alpha value is -1.27. The average molecular weight is 159 g/mol. The first-order valence-corrected chi connectivity index (χ1v) is 2.77. The van der Waals surface area contributed by atoms with Crippen LogP contribution >= 0.6 is 0 Å². The molecule has 0 atom stereocenters. The van der Waals surface area contributed by atoms with Gasteiger partial charge in [0.15, 0.2) is 0 Å². The molecule has 6 heteroatoms. The first kappa shape index (κ1) is 7.83. The van der Waals surface area contributed by atoms with E-state index in [2.05, 4.69) is 0 Å². The quantitative estimate of drug-likeness (QED) is 0.202. The second-order valence-corrected chi connectivity index (χ2v) is 2.15. The van der Waals surface area contributed by atoms with Crippen LogP contribution in [0.5, 0.6) is 0 Å². The Morgan fingerprint density at radius 1 is 1.27 bits per heavy atom. The third-order valence-electron chi connectivity index (χ3n) is 1.28. The van der Waals surface area contributed by atoms with Crippen molar-refractivity contribution in [3.8, 4) is 0 Å². The zero-order chi connectivity index (χ0) is 8.65. The van der Waals surface area contributed by atoms with E-state index in [4.69, 9.17) is 10.2 Å². The molecule has 0 aromatic heterocycles. The van der Waals surface area contributed by atoms with E-state index >= 15 is 0 Å². The standard InChI is InChI=1S/C5H5NO5/c7-2-1-3(8)6-4(9)5(2,10)11/h10-11H,1H2,(H,6,8,9). The molecule has 0 unspecified atom stereocenters. The number of Topliss-reactive ketones (excluding diaryl/α,β-unsaturated/α-hetero) is 1. The number of carbonyl (C=O) groups excluding carboxylic acids is 3. The molecule has 1 fully saturated rings. The molecule has 11 heavy (non-hydrogen) atoms. The number of rotatable bonds is 0. The number of piperidine rings is 1. The fourth-order valence-electron chi connectivity index (χ4n) is 0.654. The summed E-state index contributed by atoms with van der Waals surface area (Å²) in [6.45, 7) is 0. The number of ketones is 1. The third kappa shape index (κ3) is 1.13. The Morgan fingerprint density at radius 3 is 2.27 bits per heavy atom. The average Bonchev–Trinajstić information content (AvgIpc) is 1.84. The molecule has 1 saturated heterocycles. The maximum atomic E-state index is 10.6. The molecule has 1 heterocycles. The SMILES string of the molecule is O=C1CC(=O)C(O)(O)C(=O)N1. The summed E-state index contributed by atoms with van der Waals surface area (Å²) in [7, 11) is 0. The highest BCUT2D eigenvalue weighted by atomic mass is 16.5. The summed E-state index contributed by atoms with van der Waals surface area (Å²) in [4.78, 5) is 31.4. The van der Waals surface area contributed by atoms with Crippen LogP contribution in [-0.2, 0) is 14.4 Å². The lowest BCUT2D eigenvalue weighted by atomic mass is 10.0. The van der Waals surface area contributed by atoms with E-state index in [1.165, 1.54) is 0 Å². The summed E-state index contributed by atoms with van der Waals surface area (Å²) in [5.74, 6) is -6.45. The third-order valence-corrected chi connectivity index (χ3v) is 1.28. The van der Waals surface area contributed by atoms with Gasteiger partial charge in [0.2, 0.25) is 11.7 Å². The van der Waals surface area contributed by atoms with Crippen LogP contribution in [-0.4, -0.2) is 33.6 Å².